The van der Waals surface area contributed by atoms with Crippen LogP contribution in [0.5, 0.6) is 0 Å². The summed E-state index contributed by atoms with van der Waals surface area (Å²) >= 11 is 0. The van der Waals surface area contributed by atoms with Gasteiger partial charge in [0.15, 0.2) is 0 Å². The number of rotatable bonds is 2. The molecule has 4 aromatic rings. The predicted molar refractivity (Wildman–Crippen MR) is 153 cm³/mol. The second kappa shape index (κ2) is 10.1. The average molecular weight is 518 g/mol. The second-order valence-corrected chi connectivity index (χ2v) is 11.2. The molecule has 0 radical (unpaired) electrons. The smallest absolute Gasteiger partial charge is 0.358 e. The first-order valence-electron chi connectivity index (χ1n) is 12.0. The molecule has 0 saturated carbocycles. The summed E-state index contributed by atoms with van der Waals surface area (Å²) in [6, 6.07) is 30.1. The standard InChI is InChI=1S/C32H32N2.CH3.Ni/c1-31(2,3)22-13-17-24(18-14-22)33-29-26-11-7-9-21-10-8-12-27(28(21)26)30(29)34-25-19-15-23(16-20-25)32(4,5)6;;/h7-20H,1-6H3;1H3;/q;-1;+2. The number of hydrogen-bond acceptors (Lipinski definition) is 2. The summed E-state index contributed by atoms with van der Waals surface area (Å²) in [4.78, 5) is 10.3. The zero-order valence-corrected chi connectivity index (χ0v) is 23.3. The van der Waals surface area contributed by atoms with Gasteiger partial charge in [-0.1, -0.05) is 102 Å². The monoisotopic (exact) mass is 517 g/mol. The molecule has 2 nitrogen and oxygen atoms in total. The maximum atomic E-state index is 5.14. The van der Waals surface area contributed by atoms with Crippen LogP contribution in [0, 0.1) is 7.43 Å². The SMILES string of the molecule is CC(C)(C)c1ccc(N=C2C(=Nc3ccc(C(C)(C)C)cc3)c3cccc4cccc2c34)cc1.[CH3-].[Ni+2]. The molecule has 0 atom stereocenters. The minimum Gasteiger partial charge on any atom is -0.358 e. The maximum Gasteiger partial charge on any atom is 2.00 e. The molecule has 4 aromatic carbocycles. The third-order valence-corrected chi connectivity index (χ3v) is 6.59. The molecule has 0 aromatic heterocycles. The normalized spacial score (nSPS) is 15.2. The fourth-order valence-corrected chi connectivity index (χ4v) is 4.55. The van der Waals surface area contributed by atoms with Crippen molar-refractivity contribution in [2.45, 2.75) is 52.4 Å². The molecule has 5 rings (SSSR count). The third kappa shape index (κ3) is 5.23. The minimum atomic E-state index is 0. The molecule has 0 fully saturated rings. The molecular formula is C33H35N2Ni+. The predicted octanol–water partition coefficient (Wildman–Crippen LogP) is 9.14. The van der Waals surface area contributed by atoms with Crippen LogP contribution in [0.2, 0.25) is 0 Å². The summed E-state index contributed by atoms with van der Waals surface area (Å²) in [6.45, 7) is 13.4. The van der Waals surface area contributed by atoms with E-state index >= 15 is 0 Å². The van der Waals surface area contributed by atoms with E-state index in [1.54, 1.807) is 0 Å². The Morgan fingerprint density at radius 1 is 0.500 bits per heavy atom. The van der Waals surface area contributed by atoms with Crippen LogP contribution in [-0.4, -0.2) is 11.4 Å². The van der Waals surface area contributed by atoms with E-state index in [-0.39, 0.29) is 34.7 Å². The summed E-state index contributed by atoms with van der Waals surface area (Å²) in [6.07, 6.45) is 0. The van der Waals surface area contributed by atoms with Crippen molar-refractivity contribution in [1.82, 2.24) is 0 Å². The van der Waals surface area contributed by atoms with E-state index in [2.05, 4.69) is 126 Å². The Balaban J connectivity index is 0.00000180. The summed E-state index contributed by atoms with van der Waals surface area (Å²) in [5.74, 6) is 0. The van der Waals surface area contributed by atoms with Crippen molar-refractivity contribution in [3.8, 4) is 0 Å². The van der Waals surface area contributed by atoms with E-state index in [0.717, 1.165) is 33.9 Å². The van der Waals surface area contributed by atoms with Gasteiger partial charge in [-0.05, 0) is 51.6 Å². The van der Waals surface area contributed by atoms with E-state index in [1.165, 1.54) is 21.9 Å². The molecule has 0 amide bonds. The topological polar surface area (TPSA) is 24.7 Å². The van der Waals surface area contributed by atoms with Crippen LogP contribution in [0.25, 0.3) is 10.8 Å². The van der Waals surface area contributed by atoms with E-state index in [0.29, 0.717) is 0 Å². The number of nitrogens with zero attached hydrogens (tertiary/aromatic N) is 2. The number of hydrogen-bond donors (Lipinski definition) is 0. The van der Waals surface area contributed by atoms with Gasteiger partial charge in [0.1, 0.15) is 0 Å². The first-order valence-corrected chi connectivity index (χ1v) is 12.0. The van der Waals surface area contributed by atoms with Gasteiger partial charge in [0.2, 0.25) is 0 Å². The molecule has 1 aliphatic rings. The van der Waals surface area contributed by atoms with Gasteiger partial charge in [-0.25, -0.2) is 9.98 Å². The van der Waals surface area contributed by atoms with Crippen LogP contribution in [0.4, 0.5) is 11.4 Å². The third-order valence-electron chi connectivity index (χ3n) is 6.59. The van der Waals surface area contributed by atoms with Crippen LogP contribution in [0.3, 0.4) is 0 Å². The Hall–Kier alpha value is -3.03. The molecule has 0 spiro atoms. The van der Waals surface area contributed by atoms with Crippen LogP contribution in [0.1, 0.15) is 63.8 Å². The molecule has 3 heteroatoms. The molecule has 1 aliphatic carbocycles. The van der Waals surface area contributed by atoms with Crippen molar-refractivity contribution in [2.24, 2.45) is 9.98 Å². The van der Waals surface area contributed by atoms with E-state index in [1.807, 2.05) is 0 Å². The molecule has 186 valence electrons. The average Bonchev–Trinajstić information content (AvgIpc) is 3.08. The van der Waals surface area contributed by atoms with Crippen molar-refractivity contribution < 1.29 is 16.5 Å². The van der Waals surface area contributed by atoms with Gasteiger partial charge in [0.25, 0.3) is 0 Å². The van der Waals surface area contributed by atoms with Crippen molar-refractivity contribution in [3.63, 3.8) is 0 Å². The minimum absolute atomic E-state index is 0. The number of benzene rings is 4. The first kappa shape index (κ1) is 27.6. The van der Waals surface area contributed by atoms with E-state index in [4.69, 9.17) is 9.98 Å². The summed E-state index contributed by atoms with van der Waals surface area (Å²) in [7, 11) is 0. The Labute approximate surface area is 226 Å². The maximum absolute atomic E-state index is 5.14. The van der Waals surface area contributed by atoms with E-state index < -0.39 is 0 Å². The number of aliphatic imine (C=N–C) groups is 2. The Bertz CT molecular complexity index is 1320. The summed E-state index contributed by atoms with van der Waals surface area (Å²) in [5, 5.41) is 2.46. The molecule has 0 heterocycles. The zero-order chi connectivity index (χ0) is 24.1. The van der Waals surface area contributed by atoms with Gasteiger partial charge in [-0.2, -0.15) is 0 Å². The van der Waals surface area contributed by atoms with Crippen molar-refractivity contribution in [3.05, 3.63) is 115 Å². The fraction of sp³-hybridized carbons (Fsp3) is 0.242. The van der Waals surface area contributed by atoms with E-state index in [9.17, 15) is 0 Å². The van der Waals surface area contributed by atoms with Crippen LogP contribution in [-0.2, 0) is 27.3 Å². The van der Waals surface area contributed by atoms with Crippen LogP contribution < -0.4 is 0 Å². The Kier molecular flexibility index (Phi) is 7.77. The Morgan fingerprint density at radius 2 is 0.861 bits per heavy atom. The largest absolute Gasteiger partial charge is 2.00 e. The molecule has 0 unspecified atom stereocenters. The first-order chi connectivity index (χ1) is 16.1. The molecule has 0 aliphatic heterocycles. The quantitative estimate of drug-likeness (QED) is 0.187. The van der Waals surface area contributed by atoms with Gasteiger partial charge < -0.3 is 7.43 Å². The van der Waals surface area contributed by atoms with Crippen molar-refractivity contribution >= 4 is 33.6 Å². The van der Waals surface area contributed by atoms with Crippen LogP contribution >= 0.6 is 0 Å². The Morgan fingerprint density at radius 3 is 1.19 bits per heavy atom. The van der Waals surface area contributed by atoms with Gasteiger partial charge >= 0.3 is 16.5 Å². The van der Waals surface area contributed by atoms with Gasteiger partial charge in [-0.3, -0.25) is 0 Å². The zero-order valence-electron chi connectivity index (χ0n) is 22.3. The fourth-order valence-electron chi connectivity index (χ4n) is 4.55. The van der Waals surface area contributed by atoms with Gasteiger partial charge in [0.05, 0.1) is 22.8 Å². The van der Waals surface area contributed by atoms with Gasteiger partial charge in [0, 0.05) is 16.5 Å². The summed E-state index contributed by atoms with van der Waals surface area (Å²) < 4.78 is 0. The van der Waals surface area contributed by atoms with Crippen LogP contribution in [0.15, 0.2) is 94.9 Å². The molecule has 0 saturated heterocycles. The van der Waals surface area contributed by atoms with Crippen molar-refractivity contribution in [1.29, 1.82) is 0 Å². The molecular weight excluding hydrogens is 483 g/mol. The van der Waals surface area contributed by atoms with Crippen molar-refractivity contribution in [2.75, 3.05) is 0 Å². The summed E-state index contributed by atoms with van der Waals surface area (Å²) in [5.41, 5.74) is 8.93. The molecule has 0 bridgehead atoms. The molecule has 0 N–H and O–H groups in total. The van der Waals surface area contributed by atoms with Gasteiger partial charge in [-0.15, -0.1) is 0 Å². The molecule has 36 heavy (non-hydrogen) atoms. The second-order valence-electron chi connectivity index (χ2n) is 11.2.